The fourth-order valence-corrected chi connectivity index (χ4v) is 1.79. The van der Waals surface area contributed by atoms with Crippen molar-refractivity contribution in [2.24, 2.45) is 0 Å². The second-order valence-corrected chi connectivity index (χ2v) is 4.13. The van der Waals surface area contributed by atoms with Crippen LogP contribution in [0.2, 0.25) is 5.02 Å². The smallest absolute Gasteiger partial charge is 0.163 e. The summed E-state index contributed by atoms with van der Waals surface area (Å²) in [5, 5.41) is 29.4. The molecule has 6 heteroatoms. The van der Waals surface area contributed by atoms with Crippen molar-refractivity contribution < 1.29 is 0 Å². The highest BCUT2D eigenvalue weighted by atomic mass is 79.9. The summed E-state index contributed by atoms with van der Waals surface area (Å²) in [5.74, 6) is 0. The van der Waals surface area contributed by atoms with E-state index in [9.17, 15) is 0 Å². The van der Waals surface area contributed by atoms with Gasteiger partial charge in [-0.05, 0) is 34.1 Å². The van der Waals surface area contributed by atoms with E-state index >= 15 is 0 Å². The molecule has 0 bridgehead atoms. The van der Waals surface area contributed by atoms with Crippen molar-refractivity contribution in [3.05, 3.63) is 39.0 Å². The van der Waals surface area contributed by atoms with Gasteiger partial charge in [0.05, 0.1) is 5.69 Å². The molecule has 0 spiro atoms. The van der Waals surface area contributed by atoms with E-state index in [4.69, 9.17) is 27.4 Å². The van der Waals surface area contributed by atoms with E-state index in [2.05, 4.69) is 21.2 Å². The highest BCUT2D eigenvalue weighted by Crippen LogP contribution is 2.27. The topological polar surface area (TPSA) is 83.4 Å². The second-order valence-electron chi connectivity index (χ2n) is 2.83. The van der Waals surface area contributed by atoms with Gasteiger partial charge in [0.15, 0.2) is 5.57 Å². The van der Waals surface area contributed by atoms with Crippen LogP contribution in [-0.4, -0.2) is 0 Å². The molecule has 0 aliphatic heterocycles. The van der Waals surface area contributed by atoms with Crippen molar-refractivity contribution in [1.29, 1.82) is 15.8 Å². The van der Waals surface area contributed by atoms with Crippen LogP contribution in [0.4, 0.5) is 5.69 Å². The molecule has 0 saturated carbocycles. The van der Waals surface area contributed by atoms with E-state index in [-0.39, 0.29) is 11.3 Å². The first-order valence-corrected chi connectivity index (χ1v) is 5.46. The minimum absolute atomic E-state index is 0.0991. The summed E-state index contributed by atoms with van der Waals surface area (Å²) in [5.41, 5.74) is 0.182. The Morgan fingerprint density at radius 1 is 1.18 bits per heavy atom. The van der Waals surface area contributed by atoms with Crippen molar-refractivity contribution in [1.82, 2.24) is 0 Å². The van der Waals surface area contributed by atoms with E-state index < -0.39 is 0 Å². The van der Waals surface area contributed by atoms with Gasteiger partial charge in [-0.2, -0.15) is 15.8 Å². The summed E-state index contributed by atoms with van der Waals surface area (Å²) in [6.45, 7) is 0. The Kier molecular flexibility index (Phi) is 4.55. The van der Waals surface area contributed by atoms with Gasteiger partial charge < -0.3 is 5.32 Å². The van der Waals surface area contributed by atoms with Gasteiger partial charge in [-0.3, -0.25) is 0 Å². The molecule has 1 N–H and O–H groups in total. The minimum Gasteiger partial charge on any atom is -0.344 e. The Morgan fingerprint density at radius 2 is 1.82 bits per heavy atom. The van der Waals surface area contributed by atoms with Crippen LogP contribution in [0.3, 0.4) is 0 Å². The quantitative estimate of drug-likeness (QED) is 0.849. The van der Waals surface area contributed by atoms with E-state index in [1.165, 1.54) is 0 Å². The molecule has 82 valence electrons. The van der Waals surface area contributed by atoms with Gasteiger partial charge in [0, 0.05) is 9.50 Å². The predicted molar refractivity (Wildman–Crippen MR) is 66.6 cm³/mol. The van der Waals surface area contributed by atoms with Crippen molar-refractivity contribution >= 4 is 33.2 Å². The fraction of sp³-hybridized carbons (Fsp3) is 0. The van der Waals surface area contributed by atoms with Crippen molar-refractivity contribution in [3.63, 3.8) is 0 Å². The van der Waals surface area contributed by atoms with Gasteiger partial charge >= 0.3 is 0 Å². The second kappa shape index (κ2) is 5.92. The first-order valence-electron chi connectivity index (χ1n) is 4.29. The van der Waals surface area contributed by atoms with Crippen LogP contribution in [0, 0.1) is 34.0 Å². The molecule has 0 aromatic heterocycles. The first-order chi connectivity index (χ1) is 8.12. The molecule has 0 aliphatic rings. The lowest BCUT2D eigenvalue weighted by Crippen LogP contribution is -2.01. The Labute approximate surface area is 111 Å². The van der Waals surface area contributed by atoms with Crippen LogP contribution in [0.15, 0.2) is 33.9 Å². The standard InChI is InChI=1S/C11H4BrClN4/c12-9-3-8(13)1-2-10(9)17-11(6-16)7(4-14)5-15/h1-3,17H. The summed E-state index contributed by atoms with van der Waals surface area (Å²) >= 11 is 9.02. The molecule has 0 unspecified atom stereocenters. The zero-order valence-electron chi connectivity index (χ0n) is 8.33. The maximum Gasteiger partial charge on any atom is 0.163 e. The van der Waals surface area contributed by atoms with Crippen LogP contribution in [-0.2, 0) is 0 Å². The molecule has 4 nitrogen and oxygen atoms in total. The fourth-order valence-electron chi connectivity index (χ4n) is 1.01. The Hall–Kier alpha value is -2.00. The van der Waals surface area contributed by atoms with Crippen molar-refractivity contribution in [2.75, 3.05) is 5.32 Å². The Bertz CT molecular complexity index is 585. The zero-order valence-corrected chi connectivity index (χ0v) is 10.7. The summed E-state index contributed by atoms with van der Waals surface area (Å²) in [7, 11) is 0. The number of hydrogen-bond donors (Lipinski definition) is 1. The van der Waals surface area contributed by atoms with Crippen molar-refractivity contribution in [3.8, 4) is 18.2 Å². The lowest BCUT2D eigenvalue weighted by molar-refractivity contribution is 1.37. The molecule has 1 aromatic rings. The molecule has 0 atom stereocenters. The Balaban J connectivity index is 3.16. The third kappa shape index (κ3) is 3.23. The van der Waals surface area contributed by atoms with Crippen molar-refractivity contribution in [2.45, 2.75) is 0 Å². The molecule has 17 heavy (non-hydrogen) atoms. The number of nitrogens with zero attached hydrogens (tertiary/aromatic N) is 3. The number of nitriles is 3. The highest BCUT2D eigenvalue weighted by Gasteiger charge is 2.08. The van der Waals surface area contributed by atoms with Gasteiger partial charge in [-0.15, -0.1) is 0 Å². The molecule has 0 aliphatic carbocycles. The van der Waals surface area contributed by atoms with E-state index in [1.54, 1.807) is 36.4 Å². The van der Waals surface area contributed by atoms with E-state index in [0.29, 0.717) is 15.2 Å². The summed E-state index contributed by atoms with van der Waals surface area (Å²) in [6, 6.07) is 9.95. The minimum atomic E-state index is -0.269. The average Bonchev–Trinajstić information content (AvgIpc) is 2.32. The summed E-state index contributed by atoms with van der Waals surface area (Å²) in [4.78, 5) is 0. The van der Waals surface area contributed by atoms with Crippen LogP contribution < -0.4 is 5.32 Å². The summed E-state index contributed by atoms with van der Waals surface area (Å²) < 4.78 is 0.632. The van der Waals surface area contributed by atoms with Crippen LogP contribution >= 0.6 is 27.5 Å². The maximum absolute atomic E-state index is 8.85. The molecular weight excluding hydrogens is 304 g/mol. The average molecular weight is 308 g/mol. The monoisotopic (exact) mass is 306 g/mol. The predicted octanol–water partition coefficient (Wildman–Crippen LogP) is 3.34. The molecule has 0 heterocycles. The largest absolute Gasteiger partial charge is 0.344 e. The molecule has 0 fully saturated rings. The SMILES string of the molecule is N#CC(C#N)=C(C#N)Nc1ccc(Cl)cc1Br. The first kappa shape index (κ1) is 13.1. The lowest BCUT2D eigenvalue weighted by atomic mass is 10.2. The number of halogens is 2. The van der Waals surface area contributed by atoms with Gasteiger partial charge in [0.1, 0.15) is 23.9 Å². The van der Waals surface area contributed by atoms with E-state index in [0.717, 1.165) is 0 Å². The van der Waals surface area contributed by atoms with Gasteiger partial charge in [0.25, 0.3) is 0 Å². The Morgan fingerprint density at radius 3 is 2.29 bits per heavy atom. The number of allylic oxidation sites excluding steroid dienone is 2. The number of benzene rings is 1. The molecular formula is C11H4BrClN4. The van der Waals surface area contributed by atoms with Crippen LogP contribution in [0.25, 0.3) is 0 Å². The maximum atomic E-state index is 8.85. The number of rotatable bonds is 2. The molecule has 0 saturated heterocycles. The molecule has 0 amide bonds. The van der Waals surface area contributed by atoms with Crippen LogP contribution in [0.5, 0.6) is 0 Å². The third-order valence-corrected chi connectivity index (χ3v) is 2.67. The van der Waals surface area contributed by atoms with Gasteiger partial charge in [-0.25, -0.2) is 0 Å². The normalized spacial score (nSPS) is 8.41. The van der Waals surface area contributed by atoms with Gasteiger partial charge in [-0.1, -0.05) is 11.6 Å². The number of nitrogens with one attached hydrogen (secondary N) is 1. The lowest BCUT2D eigenvalue weighted by Gasteiger charge is -2.07. The van der Waals surface area contributed by atoms with Crippen LogP contribution in [0.1, 0.15) is 0 Å². The number of anilines is 1. The molecule has 1 rings (SSSR count). The number of hydrogen-bond acceptors (Lipinski definition) is 4. The molecule has 1 aromatic carbocycles. The third-order valence-electron chi connectivity index (χ3n) is 1.78. The highest BCUT2D eigenvalue weighted by molar-refractivity contribution is 9.10. The molecule has 0 radical (unpaired) electrons. The zero-order chi connectivity index (χ0) is 12.8. The summed E-state index contributed by atoms with van der Waals surface area (Å²) in [6.07, 6.45) is 0. The van der Waals surface area contributed by atoms with Gasteiger partial charge in [0.2, 0.25) is 0 Å². The van der Waals surface area contributed by atoms with E-state index in [1.807, 2.05) is 0 Å².